The molecule has 7 heteroatoms. The molecule has 3 aromatic heterocycles. The molecular weight excluding hydrogens is 344 g/mol. The van der Waals surface area contributed by atoms with Crippen LogP contribution in [0.5, 0.6) is 0 Å². The summed E-state index contributed by atoms with van der Waals surface area (Å²) in [5.41, 5.74) is 1.61. The summed E-state index contributed by atoms with van der Waals surface area (Å²) in [6.45, 7) is 0. The average molecular weight is 346 g/mol. The molecule has 0 aliphatic heterocycles. The summed E-state index contributed by atoms with van der Waals surface area (Å²) in [6, 6.07) is 0. The van der Waals surface area contributed by atoms with Crippen LogP contribution in [0, 0.1) is 0 Å². The van der Waals surface area contributed by atoms with Gasteiger partial charge in [-0.3, -0.25) is 0 Å². The van der Waals surface area contributed by atoms with Gasteiger partial charge in [-0.25, -0.2) is 19.9 Å². The van der Waals surface area contributed by atoms with Crippen LogP contribution in [0.4, 0.5) is 0 Å². The fraction of sp³-hybridized carbons (Fsp3) is 0. The van der Waals surface area contributed by atoms with Gasteiger partial charge in [-0.2, -0.15) is 0 Å². The van der Waals surface area contributed by atoms with Gasteiger partial charge in [0.2, 0.25) is 0 Å². The van der Waals surface area contributed by atoms with Crippen molar-refractivity contribution in [2.45, 2.75) is 0 Å². The van der Waals surface area contributed by atoms with Crippen LogP contribution in [0.25, 0.3) is 20.7 Å². The van der Waals surface area contributed by atoms with E-state index in [0.717, 1.165) is 29.9 Å². The van der Waals surface area contributed by atoms with Gasteiger partial charge in [0.25, 0.3) is 0 Å². The molecule has 0 aliphatic carbocycles. The highest BCUT2D eigenvalue weighted by Crippen LogP contribution is 2.29. The SMILES string of the molecule is Brc1cnc2c(n1)sc1nc(Br)cnc12. The van der Waals surface area contributed by atoms with Crippen LogP contribution >= 0.6 is 43.2 Å². The molecular formula is C8H2Br2N4S. The molecule has 3 heterocycles. The van der Waals surface area contributed by atoms with E-state index in [9.17, 15) is 0 Å². The number of halogens is 2. The third-order valence-electron chi connectivity index (χ3n) is 1.84. The molecule has 0 fully saturated rings. The molecule has 0 spiro atoms. The van der Waals surface area contributed by atoms with Crippen molar-refractivity contribution in [3.8, 4) is 0 Å². The maximum atomic E-state index is 4.32. The Bertz CT molecular complexity index is 610. The lowest BCUT2D eigenvalue weighted by Gasteiger charge is -1.90. The normalized spacial score (nSPS) is 11.3. The van der Waals surface area contributed by atoms with Crippen LogP contribution in [0.3, 0.4) is 0 Å². The van der Waals surface area contributed by atoms with Gasteiger partial charge in [-0.1, -0.05) is 11.3 Å². The fourth-order valence-electron chi connectivity index (χ4n) is 1.26. The molecule has 0 bridgehead atoms. The second-order valence-corrected chi connectivity index (χ2v) is 5.40. The molecule has 0 aromatic carbocycles. The maximum Gasteiger partial charge on any atom is 0.147 e. The molecule has 0 N–H and O–H groups in total. The largest absolute Gasteiger partial charge is 0.248 e. The number of thiophene rings is 1. The first-order chi connectivity index (χ1) is 7.24. The number of hydrogen-bond acceptors (Lipinski definition) is 5. The van der Waals surface area contributed by atoms with Crippen LogP contribution in [0.15, 0.2) is 21.6 Å². The summed E-state index contributed by atoms with van der Waals surface area (Å²) in [7, 11) is 0. The van der Waals surface area contributed by atoms with Gasteiger partial charge in [0, 0.05) is 0 Å². The standard InChI is InChI=1S/C8H2Br2N4S/c9-3-1-11-5-6-8(15-7(5)13-3)14-4(10)2-12-6/h1-2H. The van der Waals surface area contributed by atoms with Crippen LogP contribution in [0.1, 0.15) is 0 Å². The molecule has 0 unspecified atom stereocenters. The van der Waals surface area contributed by atoms with Crippen molar-refractivity contribution < 1.29 is 0 Å². The van der Waals surface area contributed by atoms with Crippen LogP contribution in [-0.4, -0.2) is 19.9 Å². The molecule has 3 rings (SSSR count). The Morgan fingerprint density at radius 2 is 1.33 bits per heavy atom. The van der Waals surface area contributed by atoms with E-state index in [4.69, 9.17) is 0 Å². The molecule has 0 aliphatic rings. The highest BCUT2D eigenvalue weighted by molar-refractivity contribution is 9.10. The summed E-state index contributed by atoms with van der Waals surface area (Å²) < 4.78 is 1.45. The molecule has 74 valence electrons. The van der Waals surface area contributed by atoms with Gasteiger partial charge in [-0.05, 0) is 31.9 Å². The molecule has 0 radical (unpaired) electrons. The smallest absolute Gasteiger partial charge is 0.147 e. The minimum absolute atomic E-state index is 0.723. The molecule has 4 nitrogen and oxygen atoms in total. The molecule has 15 heavy (non-hydrogen) atoms. The predicted octanol–water partition coefficient (Wildman–Crippen LogP) is 3.16. The van der Waals surface area contributed by atoms with Crippen molar-refractivity contribution in [2.75, 3.05) is 0 Å². The monoisotopic (exact) mass is 344 g/mol. The van der Waals surface area contributed by atoms with Crippen LogP contribution in [-0.2, 0) is 0 Å². The van der Waals surface area contributed by atoms with E-state index in [-0.39, 0.29) is 0 Å². The number of rotatable bonds is 0. The Morgan fingerprint density at radius 3 is 1.80 bits per heavy atom. The van der Waals surface area contributed by atoms with E-state index in [1.807, 2.05) is 0 Å². The summed E-state index contributed by atoms with van der Waals surface area (Å²) >= 11 is 8.06. The van der Waals surface area contributed by atoms with E-state index in [1.165, 1.54) is 11.3 Å². The third kappa shape index (κ3) is 1.54. The van der Waals surface area contributed by atoms with Gasteiger partial charge in [0.15, 0.2) is 0 Å². The quantitative estimate of drug-likeness (QED) is 0.628. The van der Waals surface area contributed by atoms with E-state index >= 15 is 0 Å². The Kier molecular flexibility index (Phi) is 2.18. The number of nitrogens with zero attached hydrogens (tertiary/aromatic N) is 4. The van der Waals surface area contributed by atoms with E-state index in [0.29, 0.717) is 0 Å². The van der Waals surface area contributed by atoms with E-state index in [2.05, 4.69) is 51.8 Å². The minimum atomic E-state index is 0.723. The topological polar surface area (TPSA) is 51.6 Å². The first kappa shape index (κ1) is 9.56. The third-order valence-corrected chi connectivity index (χ3v) is 3.56. The lowest BCUT2D eigenvalue weighted by molar-refractivity contribution is 1.25. The Labute approximate surface area is 105 Å². The Morgan fingerprint density at radius 1 is 0.867 bits per heavy atom. The Balaban J connectivity index is 2.51. The van der Waals surface area contributed by atoms with Crippen molar-refractivity contribution in [2.24, 2.45) is 0 Å². The lowest BCUT2D eigenvalue weighted by atomic mass is 10.4. The zero-order valence-electron chi connectivity index (χ0n) is 7.11. The average Bonchev–Trinajstić information content (AvgIpc) is 2.53. The van der Waals surface area contributed by atoms with Crippen molar-refractivity contribution in [3.63, 3.8) is 0 Å². The molecule has 0 saturated heterocycles. The summed E-state index contributed by atoms with van der Waals surface area (Å²) in [4.78, 5) is 18.9. The van der Waals surface area contributed by atoms with Gasteiger partial charge in [0.05, 0.1) is 12.4 Å². The first-order valence-electron chi connectivity index (χ1n) is 3.97. The molecule has 0 atom stereocenters. The van der Waals surface area contributed by atoms with Crippen molar-refractivity contribution in [1.29, 1.82) is 0 Å². The van der Waals surface area contributed by atoms with Gasteiger partial charge >= 0.3 is 0 Å². The second kappa shape index (κ2) is 3.43. The fourth-order valence-corrected chi connectivity index (χ4v) is 3.02. The van der Waals surface area contributed by atoms with Crippen molar-refractivity contribution >= 4 is 63.9 Å². The van der Waals surface area contributed by atoms with E-state index in [1.54, 1.807) is 12.4 Å². The molecule has 0 saturated carbocycles. The minimum Gasteiger partial charge on any atom is -0.248 e. The van der Waals surface area contributed by atoms with Crippen molar-refractivity contribution in [3.05, 3.63) is 21.6 Å². The zero-order chi connectivity index (χ0) is 10.4. The van der Waals surface area contributed by atoms with Gasteiger partial charge < -0.3 is 0 Å². The lowest BCUT2D eigenvalue weighted by Crippen LogP contribution is -1.82. The zero-order valence-corrected chi connectivity index (χ0v) is 11.1. The first-order valence-corrected chi connectivity index (χ1v) is 6.37. The molecule has 0 amide bonds. The highest BCUT2D eigenvalue weighted by atomic mass is 79.9. The number of fused-ring (bicyclic) bond motifs is 3. The number of aromatic nitrogens is 4. The maximum absolute atomic E-state index is 4.32. The summed E-state index contributed by atoms with van der Waals surface area (Å²) in [5, 5.41) is 0. The van der Waals surface area contributed by atoms with E-state index < -0.39 is 0 Å². The highest BCUT2D eigenvalue weighted by Gasteiger charge is 2.10. The number of hydrogen-bond donors (Lipinski definition) is 0. The van der Waals surface area contributed by atoms with Gasteiger partial charge in [0.1, 0.15) is 29.9 Å². The van der Waals surface area contributed by atoms with Crippen LogP contribution < -0.4 is 0 Å². The summed E-state index contributed by atoms with van der Waals surface area (Å²) in [6.07, 6.45) is 3.33. The van der Waals surface area contributed by atoms with Crippen LogP contribution in [0.2, 0.25) is 0 Å². The molecule has 3 aromatic rings. The van der Waals surface area contributed by atoms with Gasteiger partial charge in [-0.15, -0.1) is 0 Å². The Hall–Kier alpha value is -0.660. The predicted molar refractivity (Wildman–Crippen MR) is 65.9 cm³/mol. The van der Waals surface area contributed by atoms with Crippen molar-refractivity contribution in [1.82, 2.24) is 19.9 Å². The summed E-state index contributed by atoms with van der Waals surface area (Å²) in [5.74, 6) is 0. The second-order valence-electron chi connectivity index (χ2n) is 2.80.